The predicted molar refractivity (Wildman–Crippen MR) is 134 cm³/mol. The maximum atomic E-state index is 13.2. The summed E-state index contributed by atoms with van der Waals surface area (Å²) >= 11 is 0. The maximum absolute atomic E-state index is 13.2. The molecule has 3 amide bonds. The summed E-state index contributed by atoms with van der Waals surface area (Å²) in [7, 11) is 1.13. The Labute approximate surface area is 221 Å². The van der Waals surface area contributed by atoms with Crippen molar-refractivity contribution in [2.24, 2.45) is 26.7 Å². The molecule has 6 N–H and O–H groups in total. The highest BCUT2D eigenvalue weighted by Crippen LogP contribution is 2.25. The van der Waals surface area contributed by atoms with Crippen molar-refractivity contribution in [1.82, 2.24) is 10.6 Å². The molecule has 0 aromatic heterocycles. The quantitative estimate of drug-likeness (QED) is 0.143. The summed E-state index contributed by atoms with van der Waals surface area (Å²) in [5, 5.41) is 12.1. The number of esters is 1. The fourth-order valence-electron chi connectivity index (χ4n) is 3.34. The van der Waals surface area contributed by atoms with Crippen molar-refractivity contribution in [2.45, 2.75) is 44.3 Å². The molecule has 39 heavy (non-hydrogen) atoms. The minimum absolute atomic E-state index is 0.0182. The number of halogens is 3. The van der Waals surface area contributed by atoms with Crippen molar-refractivity contribution in [3.8, 4) is 5.75 Å². The lowest BCUT2D eigenvalue weighted by atomic mass is 10.0. The van der Waals surface area contributed by atoms with Crippen molar-refractivity contribution < 1.29 is 37.0 Å². The van der Waals surface area contributed by atoms with Crippen LogP contribution in [0.2, 0.25) is 0 Å². The number of rotatable bonds is 11. The molecule has 0 saturated heterocycles. The molecule has 3 unspecified atom stereocenters. The molecular weight excluding hydrogens is 523 g/mol. The zero-order valence-electron chi connectivity index (χ0n) is 21.0. The molecule has 0 bridgehead atoms. The van der Waals surface area contributed by atoms with Crippen LogP contribution in [0.5, 0.6) is 5.75 Å². The van der Waals surface area contributed by atoms with Crippen LogP contribution in [-0.2, 0) is 20.7 Å². The van der Waals surface area contributed by atoms with E-state index in [0.717, 1.165) is 31.4 Å². The number of methoxy groups -OCH3 is 1. The van der Waals surface area contributed by atoms with Gasteiger partial charge in [0.25, 0.3) is 0 Å². The lowest BCUT2D eigenvalue weighted by Crippen LogP contribution is -2.55. The number of alkyl halides is 3. The fraction of sp³-hybridized carbons (Fsp3) is 0.333. The van der Waals surface area contributed by atoms with E-state index in [9.17, 15) is 27.6 Å². The molecule has 0 aliphatic rings. The van der Waals surface area contributed by atoms with Gasteiger partial charge in [-0.1, -0.05) is 42.4 Å². The molecule has 15 heteroatoms. The molecule has 0 heterocycles. The third-order valence-electron chi connectivity index (χ3n) is 5.09. The van der Waals surface area contributed by atoms with E-state index in [2.05, 4.69) is 30.6 Å². The van der Waals surface area contributed by atoms with Gasteiger partial charge in [-0.25, -0.2) is 14.6 Å². The zero-order valence-corrected chi connectivity index (χ0v) is 21.0. The molecule has 2 aromatic carbocycles. The highest BCUT2D eigenvalue weighted by Gasteiger charge is 2.33. The summed E-state index contributed by atoms with van der Waals surface area (Å²) in [6.45, 7) is 1.70. The topological polar surface area (TPSA) is 183 Å². The van der Waals surface area contributed by atoms with Gasteiger partial charge in [0.2, 0.25) is 5.91 Å². The summed E-state index contributed by atoms with van der Waals surface area (Å²) in [5.74, 6) is -2.33. The largest absolute Gasteiger partial charge is 0.573 e. The van der Waals surface area contributed by atoms with Gasteiger partial charge in [-0.05, 0) is 36.2 Å². The molecule has 12 nitrogen and oxygen atoms in total. The van der Waals surface area contributed by atoms with Crippen LogP contribution in [-0.4, -0.2) is 55.5 Å². The second-order valence-corrected chi connectivity index (χ2v) is 7.97. The Morgan fingerprint density at radius 1 is 1.00 bits per heavy atom. The summed E-state index contributed by atoms with van der Waals surface area (Å²) < 4.78 is 45.5. The second kappa shape index (κ2) is 14.3. The Hall–Kier alpha value is -4.69. The number of amides is 3. The van der Waals surface area contributed by atoms with Crippen LogP contribution in [0.15, 0.2) is 69.8 Å². The Balaban J connectivity index is 2.21. The van der Waals surface area contributed by atoms with Gasteiger partial charge in [-0.15, -0.1) is 18.3 Å². The van der Waals surface area contributed by atoms with Gasteiger partial charge in [0.05, 0.1) is 18.8 Å². The molecule has 0 spiro atoms. The highest BCUT2D eigenvalue weighted by molar-refractivity contribution is 5.91. The van der Waals surface area contributed by atoms with E-state index < -0.39 is 48.1 Å². The number of benzene rings is 2. The minimum atomic E-state index is -4.86. The maximum Gasteiger partial charge on any atom is 0.573 e. The van der Waals surface area contributed by atoms with Gasteiger partial charge in [-0.3, -0.25) is 4.79 Å². The molecule has 0 fully saturated rings. The Morgan fingerprint density at radius 2 is 1.64 bits per heavy atom. The van der Waals surface area contributed by atoms with E-state index in [1.165, 1.54) is 0 Å². The van der Waals surface area contributed by atoms with Gasteiger partial charge < -0.3 is 31.6 Å². The number of carbonyl (C=O) groups is 3. The minimum Gasteiger partial charge on any atom is -0.467 e. The van der Waals surface area contributed by atoms with E-state index >= 15 is 0 Å². The number of hydrogen-bond donors (Lipinski definition) is 4. The fourth-order valence-corrected chi connectivity index (χ4v) is 3.34. The Bertz CT molecular complexity index is 1170. The number of guanidine groups is 1. The number of nitrogens with two attached hydrogens (primary N) is 2. The number of hydrogen-bond acceptors (Lipinski definition) is 7. The van der Waals surface area contributed by atoms with Gasteiger partial charge >= 0.3 is 18.4 Å². The smallest absolute Gasteiger partial charge is 0.467 e. The average Bonchev–Trinajstić information content (AvgIpc) is 2.88. The van der Waals surface area contributed by atoms with Gasteiger partial charge in [0.1, 0.15) is 17.8 Å². The normalized spacial score (nSPS) is 13.6. The molecule has 0 aliphatic heterocycles. The molecule has 0 saturated carbocycles. The van der Waals surface area contributed by atoms with Gasteiger partial charge in [-0.2, -0.15) is 0 Å². The van der Waals surface area contributed by atoms with E-state index in [1.807, 2.05) is 0 Å². The van der Waals surface area contributed by atoms with Gasteiger partial charge in [0.15, 0.2) is 5.96 Å². The number of carbonyl (C=O) groups excluding carboxylic acids is 3. The van der Waals surface area contributed by atoms with Crippen LogP contribution in [0.4, 0.5) is 23.7 Å². The predicted octanol–water partition coefficient (Wildman–Crippen LogP) is 2.70. The van der Waals surface area contributed by atoms with Crippen LogP contribution in [0.1, 0.15) is 18.9 Å². The lowest BCUT2D eigenvalue weighted by Gasteiger charge is -2.25. The zero-order chi connectivity index (χ0) is 29.0. The first-order valence-electron chi connectivity index (χ1n) is 11.5. The number of nitrogens with zero attached hydrogens (tertiary/aromatic N) is 3. The number of nitrogens with one attached hydrogen (secondary N) is 2. The summed E-state index contributed by atoms with van der Waals surface area (Å²) in [4.78, 5) is 42.1. The molecule has 3 atom stereocenters. The molecule has 2 aromatic rings. The van der Waals surface area contributed by atoms with E-state index in [-0.39, 0.29) is 24.5 Å². The van der Waals surface area contributed by atoms with Crippen LogP contribution in [0, 0.1) is 0 Å². The highest BCUT2D eigenvalue weighted by atomic mass is 19.4. The van der Waals surface area contributed by atoms with E-state index in [4.69, 9.17) is 16.2 Å². The first kappa shape index (κ1) is 30.5. The van der Waals surface area contributed by atoms with Crippen molar-refractivity contribution in [2.75, 3.05) is 7.11 Å². The summed E-state index contributed by atoms with van der Waals surface area (Å²) in [6, 6.07) is 8.66. The standard InChI is InChI=1S/C24H28F3N7O5/c1-3-17(30-22(28)29)19(21(36)38-2)32-20(35)18(13-14-7-5-4-6-8-14)31-23(37)34-33-15-9-11-16(12-10-15)39-24(25,26)27/h4-12,17-19H,3,13H2,1-2H3,(H,31,37)(H,32,35)(H4,28,29,30). The molecular formula is C24H28F3N7O5. The molecule has 2 rings (SSSR count). The monoisotopic (exact) mass is 551 g/mol. The number of ether oxygens (including phenoxy) is 2. The van der Waals surface area contributed by atoms with Crippen molar-refractivity contribution in [3.63, 3.8) is 0 Å². The van der Waals surface area contributed by atoms with Crippen molar-refractivity contribution >= 4 is 29.6 Å². The molecule has 0 radical (unpaired) electrons. The molecule has 210 valence electrons. The third-order valence-corrected chi connectivity index (χ3v) is 5.09. The first-order chi connectivity index (χ1) is 18.4. The van der Waals surface area contributed by atoms with Crippen molar-refractivity contribution in [3.05, 3.63) is 60.2 Å². The van der Waals surface area contributed by atoms with Crippen LogP contribution >= 0.6 is 0 Å². The first-order valence-corrected chi connectivity index (χ1v) is 11.5. The van der Waals surface area contributed by atoms with Gasteiger partial charge in [0, 0.05) is 6.42 Å². The Kier molecular flexibility index (Phi) is 11.2. The van der Waals surface area contributed by atoms with Crippen LogP contribution < -0.4 is 26.8 Å². The van der Waals surface area contributed by atoms with E-state index in [0.29, 0.717) is 5.56 Å². The number of azo groups is 1. The summed E-state index contributed by atoms with van der Waals surface area (Å²) in [5.41, 5.74) is 11.6. The summed E-state index contributed by atoms with van der Waals surface area (Å²) in [6.07, 6.45) is -4.57. The average molecular weight is 552 g/mol. The number of aliphatic imine (C=N–C) groups is 1. The second-order valence-electron chi connectivity index (χ2n) is 7.97. The number of urea groups is 1. The lowest BCUT2D eigenvalue weighted by molar-refractivity contribution is -0.274. The molecule has 0 aliphatic carbocycles. The van der Waals surface area contributed by atoms with E-state index in [1.54, 1.807) is 37.3 Å². The van der Waals surface area contributed by atoms with Crippen molar-refractivity contribution in [1.29, 1.82) is 0 Å². The van der Waals surface area contributed by atoms with Crippen LogP contribution in [0.3, 0.4) is 0 Å². The SMILES string of the molecule is CCC(N=C(N)N)C(NC(=O)C(Cc1ccccc1)NC(=O)N=Nc1ccc(OC(F)(F)F)cc1)C(=O)OC. The third kappa shape index (κ3) is 10.7. The Morgan fingerprint density at radius 3 is 2.18 bits per heavy atom. The van der Waals surface area contributed by atoms with Crippen LogP contribution in [0.25, 0.3) is 0 Å².